The molecule has 1 aromatic heterocycles. The summed E-state index contributed by atoms with van der Waals surface area (Å²) in [6.07, 6.45) is 7.29. The van der Waals surface area contributed by atoms with Crippen LogP contribution in [0.3, 0.4) is 0 Å². The average Bonchev–Trinajstić information content (AvgIpc) is 3.72. The molecule has 0 bridgehead atoms. The monoisotopic (exact) mass is 772 g/mol. The van der Waals surface area contributed by atoms with Crippen molar-refractivity contribution in [3.8, 4) is 11.5 Å². The number of morpholine rings is 1. The van der Waals surface area contributed by atoms with Gasteiger partial charge in [-0.2, -0.15) is 5.10 Å². The zero-order valence-electron chi connectivity index (χ0n) is 32.9. The number of benzene rings is 3. The number of carboxylic acid groups (broad SMARTS) is 1. The van der Waals surface area contributed by atoms with Crippen LogP contribution in [0.5, 0.6) is 11.5 Å². The van der Waals surface area contributed by atoms with Crippen LogP contribution in [0.4, 0.5) is 5.69 Å². The second-order valence-corrected chi connectivity index (χ2v) is 15.1. The number of rotatable bonds is 15. The molecular weight excluding hydrogens is 721 g/mol. The van der Waals surface area contributed by atoms with E-state index in [0.717, 1.165) is 107 Å². The number of aromatic nitrogens is 2. The minimum Gasteiger partial charge on any atom is -0.493 e. The molecule has 1 N–H and O–H groups in total. The number of fused-ring (bicyclic) bond motifs is 2. The molecule has 1 atom stereocenters. The van der Waals surface area contributed by atoms with Gasteiger partial charge >= 0.3 is 5.97 Å². The van der Waals surface area contributed by atoms with Crippen LogP contribution in [0.25, 0.3) is 16.3 Å². The van der Waals surface area contributed by atoms with E-state index < -0.39 is 5.97 Å². The fourth-order valence-corrected chi connectivity index (χ4v) is 8.84. The highest BCUT2D eigenvalue weighted by atomic mass is 16.5. The summed E-state index contributed by atoms with van der Waals surface area (Å²) in [5.41, 5.74) is 7.27. The molecule has 0 saturated carbocycles. The fourth-order valence-electron chi connectivity index (χ4n) is 8.84. The lowest BCUT2D eigenvalue weighted by Crippen LogP contribution is -2.45. The number of amides is 1. The summed E-state index contributed by atoms with van der Waals surface area (Å²) in [7, 11) is 1.94. The van der Waals surface area contributed by atoms with Crippen molar-refractivity contribution in [2.24, 2.45) is 13.0 Å². The van der Waals surface area contributed by atoms with Gasteiger partial charge in [-0.15, -0.1) is 0 Å². The van der Waals surface area contributed by atoms with Gasteiger partial charge in [-0.05, 0) is 67.5 Å². The Labute approximate surface area is 334 Å². The quantitative estimate of drug-likeness (QED) is 0.116. The molecule has 0 spiro atoms. The van der Waals surface area contributed by atoms with E-state index in [2.05, 4.69) is 57.2 Å². The molecule has 4 aromatic rings. The first kappa shape index (κ1) is 38.3. The smallest absolute Gasteiger partial charge is 0.352 e. The van der Waals surface area contributed by atoms with Gasteiger partial charge in [-0.3, -0.25) is 14.4 Å². The van der Waals surface area contributed by atoms with Gasteiger partial charge in [-0.1, -0.05) is 48.6 Å². The molecule has 4 heterocycles. The minimum atomic E-state index is -0.899. The van der Waals surface area contributed by atoms with Crippen molar-refractivity contribution in [3.63, 3.8) is 0 Å². The highest BCUT2D eigenvalue weighted by Crippen LogP contribution is 2.48. The molecule has 1 aliphatic carbocycles. The summed E-state index contributed by atoms with van der Waals surface area (Å²) < 4.78 is 20.3. The summed E-state index contributed by atoms with van der Waals surface area (Å²) in [6, 6.07) is 22.4. The number of anilines is 1. The number of piperazine rings is 1. The van der Waals surface area contributed by atoms with Crippen LogP contribution in [-0.2, 0) is 28.0 Å². The van der Waals surface area contributed by atoms with E-state index in [9.17, 15) is 14.7 Å². The van der Waals surface area contributed by atoms with Crippen LogP contribution in [0, 0.1) is 12.8 Å². The molecule has 2 fully saturated rings. The van der Waals surface area contributed by atoms with Gasteiger partial charge in [0.25, 0.3) is 0 Å². The maximum Gasteiger partial charge on any atom is 0.352 e. The Bertz CT molecular complexity index is 2170. The normalized spacial score (nSPS) is 18.8. The summed E-state index contributed by atoms with van der Waals surface area (Å²) >= 11 is 0. The van der Waals surface area contributed by atoms with Gasteiger partial charge in [0.1, 0.15) is 23.8 Å². The van der Waals surface area contributed by atoms with Crippen molar-refractivity contribution < 1.29 is 28.9 Å². The van der Waals surface area contributed by atoms with Crippen LogP contribution in [0.15, 0.2) is 95.8 Å². The average molecular weight is 773 g/mol. The van der Waals surface area contributed by atoms with Crippen molar-refractivity contribution in [1.82, 2.24) is 24.5 Å². The van der Waals surface area contributed by atoms with Crippen LogP contribution in [0.2, 0.25) is 0 Å². The number of allylic oxidation sites excluding steroid dienone is 4. The van der Waals surface area contributed by atoms with E-state index in [1.54, 1.807) is 4.90 Å². The van der Waals surface area contributed by atoms with E-state index in [0.29, 0.717) is 64.6 Å². The molecule has 3 aliphatic heterocycles. The van der Waals surface area contributed by atoms with Gasteiger partial charge in [0, 0.05) is 93.2 Å². The Morgan fingerprint density at radius 2 is 1.72 bits per heavy atom. The van der Waals surface area contributed by atoms with Crippen molar-refractivity contribution >= 4 is 34.4 Å². The number of hydrogen-bond donors (Lipinski definition) is 1. The Morgan fingerprint density at radius 1 is 0.947 bits per heavy atom. The number of aryl methyl sites for hydroxylation is 2. The Morgan fingerprint density at radius 3 is 2.49 bits per heavy atom. The Kier molecular flexibility index (Phi) is 11.6. The third-order valence-electron chi connectivity index (χ3n) is 11.7. The summed E-state index contributed by atoms with van der Waals surface area (Å²) in [4.78, 5) is 33.0. The molecule has 12 heteroatoms. The standard InChI is InChI=1S/C45H52N6O6/c1-32-42(40(47(2)46-32)30-57-35-17-15-34(16-18-35)50-22-19-49(31-52)20-23-50)39-12-6-11-37-38(13-7-27-56-41-14-5-9-33-8-3-4-10-36(33)41)44(45(53)54)51(43(37)39)24-21-48-25-28-55-29-26-48/h3-6,8-10,12,14-18,31,37H,7,11,13,19-30H2,1-2H3,(H,53,54). The lowest BCUT2D eigenvalue weighted by atomic mass is 9.83. The van der Waals surface area contributed by atoms with Crippen LogP contribution in [-0.4, -0.2) is 114 Å². The van der Waals surface area contributed by atoms with E-state index in [1.807, 2.05) is 55.1 Å². The maximum absolute atomic E-state index is 13.3. The Hall–Kier alpha value is -5.59. The van der Waals surface area contributed by atoms with E-state index in [-0.39, 0.29) is 5.92 Å². The largest absolute Gasteiger partial charge is 0.493 e. The van der Waals surface area contributed by atoms with Crippen molar-refractivity contribution in [3.05, 3.63) is 113 Å². The topological polar surface area (TPSA) is 113 Å². The summed E-state index contributed by atoms with van der Waals surface area (Å²) in [5.74, 6) is 0.617. The minimum absolute atomic E-state index is 0.0762. The molecule has 2 saturated heterocycles. The summed E-state index contributed by atoms with van der Waals surface area (Å²) in [6.45, 7) is 10.1. The zero-order chi connectivity index (χ0) is 39.3. The highest BCUT2D eigenvalue weighted by Gasteiger charge is 2.42. The van der Waals surface area contributed by atoms with E-state index >= 15 is 0 Å². The Balaban J connectivity index is 1.06. The molecule has 298 valence electrons. The number of ether oxygens (including phenoxy) is 3. The highest BCUT2D eigenvalue weighted by molar-refractivity contribution is 5.92. The maximum atomic E-state index is 13.3. The molecular formula is C45H52N6O6. The number of carboxylic acids is 1. The first-order valence-electron chi connectivity index (χ1n) is 20.1. The first-order chi connectivity index (χ1) is 27.9. The SMILES string of the molecule is Cc1nn(C)c(COc2ccc(N3CCN(C=O)CC3)cc2)c1C1=C2C(CC=C1)C(CCCOc1cccc3ccccc13)=C(C(=O)O)N2CCN1CCOCC1. The predicted molar refractivity (Wildman–Crippen MR) is 220 cm³/mol. The predicted octanol–water partition coefficient (Wildman–Crippen LogP) is 5.87. The third-order valence-corrected chi connectivity index (χ3v) is 11.7. The zero-order valence-corrected chi connectivity index (χ0v) is 32.9. The van der Waals surface area contributed by atoms with E-state index in [4.69, 9.17) is 19.3 Å². The molecule has 3 aromatic carbocycles. The van der Waals surface area contributed by atoms with Crippen molar-refractivity contribution in [2.45, 2.75) is 32.8 Å². The van der Waals surface area contributed by atoms with Gasteiger partial charge in [0.2, 0.25) is 6.41 Å². The van der Waals surface area contributed by atoms with Gasteiger partial charge < -0.3 is 34.0 Å². The molecule has 1 amide bonds. The van der Waals surface area contributed by atoms with Crippen molar-refractivity contribution in [2.75, 3.05) is 77.1 Å². The van der Waals surface area contributed by atoms with Gasteiger partial charge in [0.05, 0.1) is 31.2 Å². The van der Waals surface area contributed by atoms with Gasteiger partial charge in [0.15, 0.2) is 0 Å². The number of carbonyl (C=O) groups is 2. The lowest BCUT2D eigenvalue weighted by Gasteiger charge is -2.34. The molecule has 4 aliphatic rings. The second-order valence-electron chi connectivity index (χ2n) is 15.1. The second kappa shape index (κ2) is 17.3. The van der Waals surface area contributed by atoms with Crippen LogP contribution >= 0.6 is 0 Å². The van der Waals surface area contributed by atoms with Gasteiger partial charge in [-0.25, -0.2) is 4.79 Å². The fraction of sp³-hybridized carbons (Fsp3) is 0.400. The first-order valence-corrected chi connectivity index (χ1v) is 20.1. The number of hydrogen-bond acceptors (Lipinski definition) is 9. The molecule has 57 heavy (non-hydrogen) atoms. The third kappa shape index (κ3) is 8.15. The molecule has 1 unspecified atom stereocenters. The van der Waals surface area contributed by atoms with Crippen LogP contribution < -0.4 is 14.4 Å². The lowest BCUT2D eigenvalue weighted by molar-refractivity contribution is -0.134. The number of nitrogens with zero attached hydrogens (tertiary/aromatic N) is 6. The molecule has 0 radical (unpaired) electrons. The number of aliphatic carboxylic acids is 1. The van der Waals surface area contributed by atoms with E-state index in [1.165, 1.54) is 0 Å². The summed E-state index contributed by atoms with van der Waals surface area (Å²) in [5, 5.41) is 18.0. The van der Waals surface area contributed by atoms with Crippen LogP contribution in [0.1, 0.15) is 36.2 Å². The molecule has 12 nitrogen and oxygen atoms in total. The number of carbonyl (C=O) groups excluding carboxylic acids is 1. The molecule has 8 rings (SSSR count). The van der Waals surface area contributed by atoms with Crippen molar-refractivity contribution in [1.29, 1.82) is 0 Å².